The average Bonchev–Trinajstić information content (AvgIpc) is 3.28. The molecule has 0 spiro atoms. The van der Waals surface area contributed by atoms with Gasteiger partial charge in [0.15, 0.2) is 5.65 Å². The highest BCUT2D eigenvalue weighted by Gasteiger charge is 2.35. The van der Waals surface area contributed by atoms with E-state index in [-0.39, 0.29) is 18.0 Å². The first-order valence-corrected chi connectivity index (χ1v) is 11.2. The number of anilines is 1. The molecule has 1 aliphatic rings. The number of nitrogen functional groups attached to an aromatic ring is 1. The van der Waals surface area contributed by atoms with Crippen LogP contribution in [0, 0.1) is 6.92 Å². The summed E-state index contributed by atoms with van der Waals surface area (Å²) in [6.07, 6.45) is 3.65. The van der Waals surface area contributed by atoms with Gasteiger partial charge < -0.3 is 15.7 Å². The van der Waals surface area contributed by atoms with E-state index in [1.807, 2.05) is 49.4 Å². The van der Waals surface area contributed by atoms with Crippen molar-refractivity contribution in [2.24, 2.45) is 0 Å². The maximum Gasteiger partial charge on any atom is 0.264 e. The third kappa shape index (κ3) is 3.84. The molecule has 0 aliphatic carbocycles. The monoisotopic (exact) mass is 458 g/mol. The van der Waals surface area contributed by atoms with E-state index in [4.69, 9.17) is 5.73 Å². The Morgan fingerprint density at radius 1 is 1.12 bits per heavy atom. The standard InChI is InChI=1S/C25H26N6O3/c1-17-6-5-9-19(21(17)26)23(32)29-12-10-25(34,11-13-29)15-30-16-27-22-20(24(30)33)14-28-31(22)18-7-3-2-4-8-18/h2-9,14,16,34H,10-13,15,26H2,1H3. The van der Waals surface area contributed by atoms with Crippen molar-refractivity contribution in [1.82, 2.24) is 24.2 Å². The minimum Gasteiger partial charge on any atom is -0.398 e. The number of nitrogens with zero attached hydrogens (tertiary/aromatic N) is 5. The SMILES string of the molecule is Cc1cccc(C(=O)N2CCC(O)(Cn3cnc4c(cnn4-c4ccccc4)c3=O)CC2)c1N. The van der Waals surface area contributed by atoms with Gasteiger partial charge in [0, 0.05) is 18.8 Å². The number of rotatable bonds is 4. The number of amides is 1. The van der Waals surface area contributed by atoms with Crippen molar-refractivity contribution in [1.29, 1.82) is 0 Å². The second kappa shape index (κ2) is 8.42. The summed E-state index contributed by atoms with van der Waals surface area (Å²) >= 11 is 0. The first-order valence-electron chi connectivity index (χ1n) is 11.2. The smallest absolute Gasteiger partial charge is 0.264 e. The summed E-state index contributed by atoms with van der Waals surface area (Å²) in [5.74, 6) is -0.142. The summed E-state index contributed by atoms with van der Waals surface area (Å²) < 4.78 is 3.05. The van der Waals surface area contributed by atoms with Crippen LogP contribution in [-0.4, -0.2) is 53.9 Å². The van der Waals surface area contributed by atoms with Gasteiger partial charge in [-0.05, 0) is 43.5 Å². The number of nitrogens with two attached hydrogens (primary N) is 1. The van der Waals surface area contributed by atoms with Gasteiger partial charge in [-0.15, -0.1) is 0 Å². The first kappa shape index (κ1) is 21.8. The summed E-state index contributed by atoms with van der Waals surface area (Å²) in [7, 11) is 0. The minimum atomic E-state index is -1.12. The number of benzene rings is 2. The minimum absolute atomic E-state index is 0.0971. The van der Waals surface area contributed by atoms with E-state index in [1.54, 1.807) is 15.6 Å². The Morgan fingerprint density at radius 2 is 1.85 bits per heavy atom. The van der Waals surface area contributed by atoms with Crippen molar-refractivity contribution in [3.8, 4) is 5.69 Å². The molecule has 34 heavy (non-hydrogen) atoms. The van der Waals surface area contributed by atoms with Crippen molar-refractivity contribution < 1.29 is 9.90 Å². The van der Waals surface area contributed by atoms with Crippen molar-refractivity contribution in [2.45, 2.75) is 31.9 Å². The summed E-state index contributed by atoms with van der Waals surface area (Å²) in [5, 5.41) is 15.9. The molecule has 4 aromatic rings. The lowest BCUT2D eigenvalue weighted by Gasteiger charge is -2.38. The van der Waals surface area contributed by atoms with Gasteiger partial charge in [0.2, 0.25) is 0 Å². The highest BCUT2D eigenvalue weighted by molar-refractivity contribution is 5.99. The topological polar surface area (TPSA) is 119 Å². The number of carbonyl (C=O) groups is 1. The number of para-hydroxylation sites is 2. The van der Waals surface area contributed by atoms with Crippen LogP contribution >= 0.6 is 0 Å². The van der Waals surface area contributed by atoms with Crippen LogP contribution in [0.25, 0.3) is 16.7 Å². The Bertz CT molecular complexity index is 1420. The molecule has 3 N–H and O–H groups in total. The van der Waals surface area contributed by atoms with E-state index in [0.717, 1.165) is 11.3 Å². The fourth-order valence-corrected chi connectivity index (χ4v) is 4.46. The van der Waals surface area contributed by atoms with Gasteiger partial charge in [-0.1, -0.05) is 30.3 Å². The number of likely N-dealkylation sites (tertiary alicyclic amines) is 1. The molecule has 1 aliphatic heterocycles. The van der Waals surface area contributed by atoms with Gasteiger partial charge in [0.25, 0.3) is 11.5 Å². The van der Waals surface area contributed by atoms with E-state index < -0.39 is 5.60 Å². The fourth-order valence-electron chi connectivity index (χ4n) is 4.46. The van der Waals surface area contributed by atoms with Crippen LogP contribution in [0.5, 0.6) is 0 Å². The van der Waals surface area contributed by atoms with Crippen LogP contribution in [0.4, 0.5) is 5.69 Å². The Balaban J connectivity index is 1.33. The van der Waals surface area contributed by atoms with Crippen LogP contribution in [0.2, 0.25) is 0 Å². The third-order valence-electron chi connectivity index (χ3n) is 6.56. The number of fused-ring (bicyclic) bond motifs is 1. The largest absolute Gasteiger partial charge is 0.398 e. The molecule has 0 atom stereocenters. The van der Waals surface area contributed by atoms with Crippen molar-refractivity contribution in [3.05, 3.63) is 82.5 Å². The molecule has 9 heteroatoms. The molecule has 174 valence electrons. The van der Waals surface area contributed by atoms with Crippen LogP contribution in [-0.2, 0) is 6.54 Å². The van der Waals surface area contributed by atoms with Gasteiger partial charge in [-0.25, -0.2) is 9.67 Å². The molecular formula is C25H26N6O3. The molecular weight excluding hydrogens is 432 g/mol. The Kier molecular flexibility index (Phi) is 5.41. The lowest BCUT2D eigenvalue weighted by molar-refractivity contribution is -0.0299. The average molecular weight is 459 g/mol. The van der Waals surface area contributed by atoms with Crippen LogP contribution < -0.4 is 11.3 Å². The predicted molar refractivity (Wildman–Crippen MR) is 129 cm³/mol. The lowest BCUT2D eigenvalue weighted by atomic mass is 9.90. The molecule has 0 bridgehead atoms. The van der Waals surface area contributed by atoms with Gasteiger partial charge in [-0.2, -0.15) is 5.10 Å². The fraction of sp³-hybridized carbons (Fsp3) is 0.280. The third-order valence-corrected chi connectivity index (χ3v) is 6.56. The van der Waals surface area contributed by atoms with Crippen molar-refractivity contribution >= 4 is 22.6 Å². The van der Waals surface area contributed by atoms with Gasteiger partial charge in [-0.3, -0.25) is 14.2 Å². The maximum absolute atomic E-state index is 13.1. The molecule has 9 nitrogen and oxygen atoms in total. The first-order chi connectivity index (χ1) is 16.4. The number of hydrogen-bond donors (Lipinski definition) is 2. The molecule has 5 rings (SSSR count). The second-order valence-corrected chi connectivity index (χ2v) is 8.86. The molecule has 1 fully saturated rings. The summed E-state index contributed by atoms with van der Waals surface area (Å²) in [6, 6.07) is 14.9. The number of carbonyl (C=O) groups excluding carboxylic acids is 1. The maximum atomic E-state index is 13.1. The molecule has 2 aromatic carbocycles. The Hall–Kier alpha value is -3.98. The predicted octanol–water partition coefficient (Wildman–Crippen LogP) is 2.14. The molecule has 1 amide bonds. The second-order valence-electron chi connectivity index (χ2n) is 8.86. The molecule has 2 aromatic heterocycles. The summed E-state index contributed by atoms with van der Waals surface area (Å²) in [4.78, 5) is 32.2. The van der Waals surface area contributed by atoms with Crippen LogP contribution in [0.3, 0.4) is 0 Å². The van der Waals surface area contributed by atoms with Gasteiger partial charge in [0.1, 0.15) is 11.7 Å². The molecule has 0 radical (unpaired) electrons. The van der Waals surface area contributed by atoms with Crippen LogP contribution in [0.1, 0.15) is 28.8 Å². The van der Waals surface area contributed by atoms with Crippen LogP contribution in [0.15, 0.2) is 65.8 Å². The highest BCUT2D eigenvalue weighted by Crippen LogP contribution is 2.27. The molecule has 3 heterocycles. The van der Waals surface area contributed by atoms with Crippen molar-refractivity contribution in [3.63, 3.8) is 0 Å². The lowest BCUT2D eigenvalue weighted by Crippen LogP contribution is -2.49. The normalized spacial score (nSPS) is 15.5. The van der Waals surface area contributed by atoms with Crippen molar-refractivity contribution in [2.75, 3.05) is 18.8 Å². The number of aromatic nitrogens is 4. The summed E-state index contributed by atoms with van der Waals surface area (Å²) in [6.45, 7) is 2.71. The zero-order valence-electron chi connectivity index (χ0n) is 18.9. The van der Waals surface area contributed by atoms with Gasteiger partial charge in [0.05, 0.1) is 29.6 Å². The zero-order chi connectivity index (χ0) is 23.9. The van der Waals surface area contributed by atoms with E-state index >= 15 is 0 Å². The number of aryl methyl sites for hydroxylation is 1. The van der Waals surface area contributed by atoms with E-state index in [1.165, 1.54) is 17.1 Å². The van der Waals surface area contributed by atoms with E-state index in [2.05, 4.69) is 10.1 Å². The molecule has 0 unspecified atom stereocenters. The summed E-state index contributed by atoms with van der Waals surface area (Å²) in [5.41, 5.74) is 7.82. The number of piperidine rings is 1. The van der Waals surface area contributed by atoms with Gasteiger partial charge >= 0.3 is 0 Å². The van der Waals surface area contributed by atoms with E-state index in [0.29, 0.717) is 48.2 Å². The quantitative estimate of drug-likeness (QED) is 0.452. The molecule has 1 saturated heterocycles. The number of aliphatic hydroxyl groups is 1. The highest BCUT2D eigenvalue weighted by atomic mass is 16.3. The van der Waals surface area contributed by atoms with E-state index in [9.17, 15) is 14.7 Å². The number of hydrogen-bond acceptors (Lipinski definition) is 6. The zero-order valence-corrected chi connectivity index (χ0v) is 18.9. The Morgan fingerprint density at radius 3 is 2.59 bits per heavy atom. The Labute approximate surface area is 196 Å². The molecule has 0 saturated carbocycles.